The van der Waals surface area contributed by atoms with Gasteiger partial charge in [-0.3, -0.25) is 9.59 Å². The molecule has 1 amide bonds. The van der Waals surface area contributed by atoms with Crippen molar-refractivity contribution < 1.29 is 9.53 Å². The first-order chi connectivity index (χ1) is 10.5. The molecule has 1 aromatic carbocycles. The molecule has 7 nitrogen and oxygen atoms in total. The molecule has 116 valence electrons. The molecule has 7 heteroatoms. The van der Waals surface area contributed by atoms with Crippen LogP contribution >= 0.6 is 0 Å². The molecule has 0 radical (unpaired) electrons. The summed E-state index contributed by atoms with van der Waals surface area (Å²) in [4.78, 5) is 26.6. The molecule has 22 heavy (non-hydrogen) atoms. The molecule has 0 bridgehead atoms. The van der Waals surface area contributed by atoms with E-state index in [2.05, 4.69) is 10.3 Å². The van der Waals surface area contributed by atoms with E-state index in [1.165, 1.54) is 0 Å². The van der Waals surface area contributed by atoms with E-state index in [9.17, 15) is 9.59 Å². The average Bonchev–Trinajstić information content (AvgIpc) is 2.50. The maximum Gasteiger partial charge on any atom is 0.278 e. The molecule has 0 spiro atoms. The van der Waals surface area contributed by atoms with Gasteiger partial charge in [-0.05, 0) is 26.0 Å². The highest BCUT2D eigenvalue weighted by atomic mass is 16.5. The Morgan fingerprint density at radius 1 is 1.36 bits per heavy atom. The summed E-state index contributed by atoms with van der Waals surface area (Å²) in [6, 6.07) is 6.97. The van der Waals surface area contributed by atoms with Crippen LogP contribution in [0, 0.1) is 0 Å². The zero-order valence-electron chi connectivity index (χ0n) is 12.7. The summed E-state index contributed by atoms with van der Waals surface area (Å²) < 4.78 is 6.53. The van der Waals surface area contributed by atoms with E-state index < -0.39 is 0 Å². The first-order valence-electron chi connectivity index (χ1n) is 7.20. The topological polar surface area (TPSA) is 77.3 Å². The third-order valence-electron chi connectivity index (χ3n) is 3.86. The lowest BCUT2D eigenvalue weighted by molar-refractivity contribution is -0.147. The lowest BCUT2D eigenvalue weighted by Crippen LogP contribution is -2.56. The number of fused-ring (bicyclic) bond motifs is 1. The third kappa shape index (κ3) is 2.59. The Morgan fingerprint density at radius 2 is 2.14 bits per heavy atom. The Hall–Kier alpha value is -2.28. The fourth-order valence-corrected chi connectivity index (χ4v) is 2.66. The fraction of sp³-hybridized carbons (Fsp3) is 0.467. The largest absolute Gasteiger partial charge is 0.377 e. The van der Waals surface area contributed by atoms with Crippen molar-refractivity contribution in [3.05, 3.63) is 34.6 Å². The van der Waals surface area contributed by atoms with Crippen molar-refractivity contribution >= 4 is 16.8 Å². The van der Waals surface area contributed by atoms with Gasteiger partial charge in [-0.25, -0.2) is 4.68 Å². The summed E-state index contributed by atoms with van der Waals surface area (Å²) in [6.45, 7) is 5.28. The fourth-order valence-electron chi connectivity index (χ4n) is 2.66. The number of hydrogen-bond donors (Lipinski definition) is 0. The number of aromatic nitrogens is 3. The van der Waals surface area contributed by atoms with Crippen molar-refractivity contribution in [2.75, 3.05) is 19.8 Å². The second kappa shape index (κ2) is 5.49. The van der Waals surface area contributed by atoms with Crippen LogP contribution in [0.25, 0.3) is 10.9 Å². The van der Waals surface area contributed by atoms with E-state index in [0.29, 0.717) is 30.7 Å². The summed E-state index contributed by atoms with van der Waals surface area (Å²) >= 11 is 0. The Balaban J connectivity index is 1.88. The van der Waals surface area contributed by atoms with Crippen LogP contribution in [0.1, 0.15) is 13.8 Å². The normalized spacial score (nSPS) is 17.6. The molecule has 1 saturated heterocycles. The van der Waals surface area contributed by atoms with Crippen LogP contribution in [-0.2, 0) is 16.1 Å². The van der Waals surface area contributed by atoms with Crippen LogP contribution in [0.4, 0.5) is 0 Å². The molecule has 0 atom stereocenters. The van der Waals surface area contributed by atoms with Gasteiger partial charge in [-0.15, -0.1) is 5.10 Å². The number of benzene rings is 1. The SMILES string of the molecule is CC1(C)COCCN1C(=O)Cn1nnc2ccccc2c1=O. The predicted octanol–water partition coefficient (Wildman–Crippen LogP) is 0.429. The molecule has 0 aliphatic carbocycles. The Labute approximate surface area is 127 Å². The van der Waals surface area contributed by atoms with Crippen LogP contribution in [0.5, 0.6) is 0 Å². The zero-order valence-corrected chi connectivity index (χ0v) is 12.7. The number of amides is 1. The molecule has 2 heterocycles. The predicted molar refractivity (Wildman–Crippen MR) is 80.4 cm³/mol. The van der Waals surface area contributed by atoms with Crippen molar-refractivity contribution in [1.29, 1.82) is 0 Å². The van der Waals surface area contributed by atoms with Gasteiger partial charge in [0.25, 0.3) is 5.56 Å². The number of ether oxygens (including phenoxy) is 1. The Kier molecular flexibility index (Phi) is 3.66. The van der Waals surface area contributed by atoms with Gasteiger partial charge in [0.1, 0.15) is 12.1 Å². The highest BCUT2D eigenvalue weighted by Gasteiger charge is 2.34. The van der Waals surface area contributed by atoms with Gasteiger partial charge >= 0.3 is 0 Å². The standard InChI is InChI=1S/C15H18N4O3/c1-15(2)10-22-8-7-18(15)13(20)9-19-14(21)11-5-3-4-6-12(11)16-17-19/h3-6H,7-10H2,1-2H3. The van der Waals surface area contributed by atoms with Gasteiger partial charge in [0.15, 0.2) is 0 Å². The van der Waals surface area contributed by atoms with Crippen LogP contribution in [0.2, 0.25) is 0 Å². The monoisotopic (exact) mass is 302 g/mol. The maximum absolute atomic E-state index is 12.5. The average molecular weight is 302 g/mol. The van der Waals surface area contributed by atoms with Crippen molar-refractivity contribution in [3.8, 4) is 0 Å². The number of carbonyl (C=O) groups is 1. The van der Waals surface area contributed by atoms with E-state index in [4.69, 9.17) is 4.74 Å². The minimum atomic E-state index is -0.386. The molecule has 2 aromatic rings. The number of carbonyl (C=O) groups excluding carboxylic acids is 1. The number of rotatable bonds is 2. The highest BCUT2D eigenvalue weighted by molar-refractivity contribution is 5.79. The molecule has 0 N–H and O–H groups in total. The van der Waals surface area contributed by atoms with Gasteiger partial charge in [0.05, 0.1) is 24.1 Å². The second-order valence-electron chi connectivity index (χ2n) is 5.98. The minimum Gasteiger partial charge on any atom is -0.377 e. The highest BCUT2D eigenvalue weighted by Crippen LogP contribution is 2.19. The Bertz CT molecular complexity index is 769. The molecule has 1 aliphatic rings. The first-order valence-corrected chi connectivity index (χ1v) is 7.20. The molecular weight excluding hydrogens is 284 g/mol. The molecule has 1 aliphatic heterocycles. The summed E-state index contributed by atoms with van der Waals surface area (Å²) in [5.41, 5.74) is -0.156. The molecular formula is C15H18N4O3. The number of nitrogens with zero attached hydrogens (tertiary/aromatic N) is 4. The molecule has 1 aromatic heterocycles. The van der Waals surface area contributed by atoms with Crippen LogP contribution in [0.3, 0.4) is 0 Å². The quantitative estimate of drug-likeness (QED) is 0.804. The van der Waals surface area contributed by atoms with E-state index in [0.717, 1.165) is 4.68 Å². The van der Waals surface area contributed by atoms with Crippen molar-refractivity contribution in [2.45, 2.75) is 25.9 Å². The van der Waals surface area contributed by atoms with E-state index in [1.54, 1.807) is 29.2 Å². The van der Waals surface area contributed by atoms with Crippen molar-refractivity contribution in [3.63, 3.8) is 0 Å². The molecule has 0 saturated carbocycles. The molecule has 3 rings (SSSR count). The van der Waals surface area contributed by atoms with Gasteiger partial charge in [0.2, 0.25) is 5.91 Å². The second-order valence-corrected chi connectivity index (χ2v) is 5.98. The van der Waals surface area contributed by atoms with Gasteiger partial charge < -0.3 is 9.64 Å². The van der Waals surface area contributed by atoms with Crippen LogP contribution in [-0.4, -0.2) is 51.1 Å². The lowest BCUT2D eigenvalue weighted by atomic mass is 10.0. The van der Waals surface area contributed by atoms with E-state index >= 15 is 0 Å². The third-order valence-corrected chi connectivity index (χ3v) is 3.86. The van der Waals surface area contributed by atoms with Crippen LogP contribution in [0.15, 0.2) is 29.1 Å². The van der Waals surface area contributed by atoms with Crippen molar-refractivity contribution in [2.24, 2.45) is 0 Å². The summed E-state index contributed by atoms with van der Waals surface area (Å²) in [7, 11) is 0. The van der Waals surface area contributed by atoms with Crippen molar-refractivity contribution in [1.82, 2.24) is 19.9 Å². The number of morpholine rings is 1. The minimum absolute atomic E-state index is 0.111. The smallest absolute Gasteiger partial charge is 0.278 e. The van der Waals surface area contributed by atoms with Crippen LogP contribution < -0.4 is 5.56 Å². The van der Waals surface area contributed by atoms with Gasteiger partial charge in [-0.2, -0.15) is 0 Å². The maximum atomic E-state index is 12.5. The Morgan fingerprint density at radius 3 is 2.91 bits per heavy atom. The van der Waals surface area contributed by atoms with E-state index in [1.807, 2.05) is 13.8 Å². The summed E-state index contributed by atoms with van der Waals surface area (Å²) in [5, 5.41) is 8.32. The zero-order chi connectivity index (χ0) is 15.7. The molecule has 1 fully saturated rings. The lowest BCUT2D eigenvalue weighted by Gasteiger charge is -2.42. The van der Waals surface area contributed by atoms with Gasteiger partial charge in [-0.1, -0.05) is 17.3 Å². The first kappa shape index (κ1) is 14.6. The van der Waals surface area contributed by atoms with E-state index in [-0.39, 0.29) is 23.6 Å². The summed E-state index contributed by atoms with van der Waals surface area (Å²) in [5.74, 6) is -0.153. The summed E-state index contributed by atoms with van der Waals surface area (Å²) in [6.07, 6.45) is 0. The number of hydrogen-bond acceptors (Lipinski definition) is 5. The van der Waals surface area contributed by atoms with Gasteiger partial charge in [0, 0.05) is 6.54 Å². The molecule has 0 unspecified atom stereocenters.